The zero-order valence-electron chi connectivity index (χ0n) is 11.7. The summed E-state index contributed by atoms with van der Waals surface area (Å²) in [6, 6.07) is 2.16. The molecule has 0 unspecified atom stereocenters. The fourth-order valence-corrected chi connectivity index (χ4v) is 2.02. The molecule has 0 bridgehead atoms. The molecule has 2 rings (SSSR count). The van der Waals surface area contributed by atoms with Gasteiger partial charge in [0, 0.05) is 30.7 Å². The largest absolute Gasteiger partial charge is 0.468 e. The standard InChI is InChI=1S/C15H24N2O/c1-15(2,3)16-10-13-9-14(18-12-13)11-17-7-5-4-6-8-17/h4-5,9,12,16H,6-8,10-11H2,1-3H3. The van der Waals surface area contributed by atoms with Gasteiger partial charge in [0.1, 0.15) is 5.76 Å². The average molecular weight is 248 g/mol. The van der Waals surface area contributed by atoms with Gasteiger partial charge in [-0.25, -0.2) is 0 Å². The van der Waals surface area contributed by atoms with Gasteiger partial charge in [-0.3, -0.25) is 4.90 Å². The second-order valence-electron chi connectivity index (χ2n) is 6.02. The Kier molecular flexibility index (Phi) is 4.25. The summed E-state index contributed by atoms with van der Waals surface area (Å²) in [6.45, 7) is 10.5. The monoisotopic (exact) mass is 248 g/mol. The van der Waals surface area contributed by atoms with Crippen LogP contribution in [0.15, 0.2) is 28.9 Å². The summed E-state index contributed by atoms with van der Waals surface area (Å²) < 4.78 is 5.63. The normalized spacial score (nSPS) is 17.3. The minimum absolute atomic E-state index is 0.148. The van der Waals surface area contributed by atoms with Crippen molar-refractivity contribution in [1.82, 2.24) is 10.2 Å². The van der Waals surface area contributed by atoms with E-state index in [-0.39, 0.29) is 5.54 Å². The van der Waals surface area contributed by atoms with Crippen molar-refractivity contribution in [2.45, 2.75) is 45.8 Å². The molecular formula is C15H24N2O. The first kappa shape index (κ1) is 13.4. The highest BCUT2D eigenvalue weighted by molar-refractivity contribution is 5.13. The van der Waals surface area contributed by atoms with Gasteiger partial charge in [0.2, 0.25) is 0 Å². The molecular weight excluding hydrogens is 224 g/mol. The molecule has 0 amide bonds. The molecule has 1 aromatic heterocycles. The Bertz CT molecular complexity index is 401. The first-order valence-electron chi connectivity index (χ1n) is 6.72. The summed E-state index contributed by atoms with van der Waals surface area (Å²) in [6.07, 6.45) is 7.50. The number of hydrogen-bond acceptors (Lipinski definition) is 3. The summed E-state index contributed by atoms with van der Waals surface area (Å²) >= 11 is 0. The van der Waals surface area contributed by atoms with E-state index in [4.69, 9.17) is 4.42 Å². The Morgan fingerprint density at radius 2 is 2.17 bits per heavy atom. The Morgan fingerprint density at radius 1 is 1.33 bits per heavy atom. The summed E-state index contributed by atoms with van der Waals surface area (Å²) in [5.41, 5.74) is 1.38. The van der Waals surface area contributed by atoms with Gasteiger partial charge in [-0.15, -0.1) is 0 Å². The van der Waals surface area contributed by atoms with Crippen LogP contribution >= 0.6 is 0 Å². The fourth-order valence-electron chi connectivity index (χ4n) is 2.02. The van der Waals surface area contributed by atoms with Gasteiger partial charge >= 0.3 is 0 Å². The summed E-state index contributed by atoms with van der Waals surface area (Å²) in [7, 11) is 0. The number of hydrogen-bond donors (Lipinski definition) is 1. The third-order valence-electron chi connectivity index (χ3n) is 3.05. The number of rotatable bonds is 4. The molecule has 0 fully saturated rings. The van der Waals surface area contributed by atoms with E-state index in [1.165, 1.54) is 5.56 Å². The molecule has 0 aromatic carbocycles. The molecule has 0 aliphatic carbocycles. The number of nitrogens with one attached hydrogen (secondary N) is 1. The Balaban J connectivity index is 1.84. The van der Waals surface area contributed by atoms with Gasteiger partial charge in [0.25, 0.3) is 0 Å². The predicted octanol–water partition coefficient (Wildman–Crippen LogP) is 2.93. The summed E-state index contributed by atoms with van der Waals surface area (Å²) in [4.78, 5) is 2.40. The average Bonchev–Trinajstić information content (AvgIpc) is 2.75. The molecule has 2 heterocycles. The van der Waals surface area contributed by atoms with Crippen molar-refractivity contribution in [2.24, 2.45) is 0 Å². The first-order valence-corrected chi connectivity index (χ1v) is 6.72. The molecule has 18 heavy (non-hydrogen) atoms. The van der Waals surface area contributed by atoms with Crippen molar-refractivity contribution in [3.05, 3.63) is 35.8 Å². The van der Waals surface area contributed by atoms with Gasteiger partial charge in [0.15, 0.2) is 0 Å². The van der Waals surface area contributed by atoms with E-state index >= 15 is 0 Å². The van der Waals surface area contributed by atoms with Crippen LogP contribution in [-0.2, 0) is 13.1 Å². The maximum Gasteiger partial charge on any atom is 0.118 e. The fraction of sp³-hybridized carbons (Fsp3) is 0.600. The lowest BCUT2D eigenvalue weighted by Crippen LogP contribution is -2.34. The lowest BCUT2D eigenvalue weighted by Gasteiger charge is -2.21. The van der Waals surface area contributed by atoms with E-state index in [1.807, 2.05) is 6.26 Å². The maximum absolute atomic E-state index is 5.63. The molecule has 1 N–H and O–H groups in total. The third kappa shape index (κ3) is 4.31. The SMILES string of the molecule is CC(C)(C)NCc1coc(CN2CC=CCC2)c1. The summed E-state index contributed by atoms with van der Waals surface area (Å²) in [5.74, 6) is 1.07. The lowest BCUT2D eigenvalue weighted by atomic mass is 10.1. The zero-order chi connectivity index (χ0) is 13.0. The highest BCUT2D eigenvalue weighted by Gasteiger charge is 2.12. The minimum atomic E-state index is 0.148. The minimum Gasteiger partial charge on any atom is -0.468 e. The molecule has 1 aliphatic heterocycles. The molecule has 3 nitrogen and oxygen atoms in total. The second-order valence-corrected chi connectivity index (χ2v) is 6.02. The van der Waals surface area contributed by atoms with Crippen LogP contribution in [-0.4, -0.2) is 23.5 Å². The van der Waals surface area contributed by atoms with E-state index in [2.05, 4.69) is 49.2 Å². The molecule has 0 saturated carbocycles. The lowest BCUT2D eigenvalue weighted by molar-refractivity contribution is 0.265. The zero-order valence-corrected chi connectivity index (χ0v) is 11.7. The van der Waals surface area contributed by atoms with Crippen LogP contribution in [0, 0.1) is 0 Å². The Hall–Kier alpha value is -1.06. The van der Waals surface area contributed by atoms with E-state index < -0.39 is 0 Å². The van der Waals surface area contributed by atoms with Gasteiger partial charge < -0.3 is 9.73 Å². The Morgan fingerprint density at radius 3 is 2.83 bits per heavy atom. The molecule has 3 heteroatoms. The van der Waals surface area contributed by atoms with E-state index in [0.717, 1.165) is 38.4 Å². The van der Waals surface area contributed by atoms with E-state index in [9.17, 15) is 0 Å². The highest BCUT2D eigenvalue weighted by atomic mass is 16.3. The van der Waals surface area contributed by atoms with Gasteiger partial charge in [-0.1, -0.05) is 12.2 Å². The van der Waals surface area contributed by atoms with Gasteiger partial charge in [-0.2, -0.15) is 0 Å². The quantitative estimate of drug-likeness (QED) is 0.830. The van der Waals surface area contributed by atoms with Crippen molar-refractivity contribution in [3.8, 4) is 0 Å². The smallest absolute Gasteiger partial charge is 0.118 e. The molecule has 0 saturated heterocycles. The van der Waals surface area contributed by atoms with Gasteiger partial charge in [0.05, 0.1) is 12.8 Å². The van der Waals surface area contributed by atoms with E-state index in [0.29, 0.717) is 0 Å². The van der Waals surface area contributed by atoms with Crippen LogP contribution < -0.4 is 5.32 Å². The topological polar surface area (TPSA) is 28.4 Å². The van der Waals surface area contributed by atoms with Crippen molar-refractivity contribution >= 4 is 0 Å². The highest BCUT2D eigenvalue weighted by Crippen LogP contribution is 2.13. The molecule has 0 spiro atoms. The second kappa shape index (κ2) is 5.72. The van der Waals surface area contributed by atoms with Crippen LogP contribution in [0.4, 0.5) is 0 Å². The number of furan rings is 1. The first-order chi connectivity index (χ1) is 8.53. The molecule has 1 aliphatic rings. The van der Waals surface area contributed by atoms with Crippen LogP contribution in [0.5, 0.6) is 0 Å². The van der Waals surface area contributed by atoms with Crippen LogP contribution in [0.2, 0.25) is 0 Å². The molecule has 0 radical (unpaired) electrons. The van der Waals surface area contributed by atoms with Crippen molar-refractivity contribution in [1.29, 1.82) is 0 Å². The van der Waals surface area contributed by atoms with Crippen molar-refractivity contribution < 1.29 is 4.42 Å². The van der Waals surface area contributed by atoms with Crippen molar-refractivity contribution in [2.75, 3.05) is 13.1 Å². The Labute approximate surface area is 110 Å². The van der Waals surface area contributed by atoms with Crippen molar-refractivity contribution in [3.63, 3.8) is 0 Å². The predicted molar refractivity (Wildman–Crippen MR) is 74.3 cm³/mol. The summed E-state index contributed by atoms with van der Waals surface area (Å²) in [5, 5.41) is 3.47. The van der Waals surface area contributed by atoms with Crippen LogP contribution in [0.25, 0.3) is 0 Å². The van der Waals surface area contributed by atoms with Gasteiger partial charge in [-0.05, 0) is 33.3 Å². The molecule has 100 valence electrons. The van der Waals surface area contributed by atoms with Crippen LogP contribution in [0.1, 0.15) is 38.5 Å². The van der Waals surface area contributed by atoms with Crippen LogP contribution in [0.3, 0.4) is 0 Å². The molecule has 0 atom stereocenters. The van der Waals surface area contributed by atoms with E-state index in [1.54, 1.807) is 0 Å². The molecule has 1 aromatic rings. The number of nitrogens with zero attached hydrogens (tertiary/aromatic N) is 1. The third-order valence-corrected chi connectivity index (χ3v) is 3.05. The maximum atomic E-state index is 5.63.